The Morgan fingerprint density at radius 2 is 0.938 bits per heavy atom. The molecule has 6 rings (SSSR count). The zero-order chi connectivity index (χ0) is 32.8. The minimum absolute atomic E-state index is 0. The van der Waals surface area contributed by atoms with Crippen molar-refractivity contribution in [2.24, 2.45) is 0 Å². The summed E-state index contributed by atoms with van der Waals surface area (Å²) in [5, 5.41) is 5.65. The SMILES string of the molecule is CCN(CC)CCN(C)[C@@H](C)[C]1[CH][CH][CH][C]1P(c1ccccc1)c1ccccc1.[CH]1[CH][CH][C](P(c2ccccc2)c2ccccc2)[CH]1.[Fe]. The first-order chi connectivity index (χ1) is 23.1. The largest absolute Gasteiger partial charge is 0.303 e. The van der Waals surface area contributed by atoms with Crippen molar-refractivity contribution >= 4 is 37.1 Å². The van der Waals surface area contributed by atoms with E-state index in [1.54, 1.807) is 0 Å². The third kappa shape index (κ3) is 10.6. The van der Waals surface area contributed by atoms with E-state index < -0.39 is 15.8 Å². The van der Waals surface area contributed by atoms with E-state index in [0.29, 0.717) is 6.04 Å². The molecule has 48 heavy (non-hydrogen) atoms. The number of hydrogen-bond acceptors (Lipinski definition) is 2. The van der Waals surface area contributed by atoms with Gasteiger partial charge in [-0.25, -0.2) is 0 Å². The molecule has 4 aromatic carbocycles. The quantitative estimate of drug-likeness (QED) is 0.103. The zero-order valence-electron chi connectivity index (χ0n) is 28.6. The summed E-state index contributed by atoms with van der Waals surface area (Å²) < 4.78 is 0. The number of rotatable bonds is 13. The van der Waals surface area contributed by atoms with Gasteiger partial charge >= 0.3 is 0 Å². The Kier molecular flexibility index (Phi) is 16.9. The predicted molar refractivity (Wildman–Crippen MR) is 208 cm³/mol. The summed E-state index contributed by atoms with van der Waals surface area (Å²) in [6, 6.07) is 43.9. The third-order valence-corrected chi connectivity index (χ3v) is 13.8. The van der Waals surface area contributed by atoms with Gasteiger partial charge in [-0.2, -0.15) is 0 Å². The first kappa shape index (κ1) is 39.0. The summed E-state index contributed by atoms with van der Waals surface area (Å²) in [5.41, 5.74) is 2.90. The average molecular weight is 711 g/mol. The topological polar surface area (TPSA) is 6.48 Å². The van der Waals surface area contributed by atoms with Crippen molar-refractivity contribution in [3.63, 3.8) is 0 Å². The molecule has 2 nitrogen and oxygen atoms in total. The monoisotopic (exact) mass is 710 g/mol. The molecule has 0 unspecified atom stereocenters. The fourth-order valence-corrected chi connectivity index (χ4v) is 10.8. The second kappa shape index (κ2) is 20.8. The van der Waals surface area contributed by atoms with E-state index in [9.17, 15) is 0 Å². The Morgan fingerprint density at radius 1 is 0.521 bits per heavy atom. The summed E-state index contributed by atoms with van der Waals surface area (Å²) in [4.78, 5) is 5.00. The molecule has 248 valence electrons. The molecule has 0 N–H and O–H groups in total. The van der Waals surface area contributed by atoms with Gasteiger partial charge in [-0.1, -0.05) is 135 Å². The van der Waals surface area contributed by atoms with Crippen LogP contribution in [0.15, 0.2) is 121 Å². The van der Waals surface area contributed by atoms with Crippen molar-refractivity contribution < 1.29 is 17.1 Å². The van der Waals surface area contributed by atoms with E-state index in [1.807, 2.05) is 0 Å². The molecule has 10 radical (unpaired) electrons. The molecule has 2 aliphatic carbocycles. The normalized spacial score (nSPS) is 16.3. The Labute approximate surface area is 306 Å². The van der Waals surface area contributed by atoms with Gasteiger partial charge in [0.15, 0.2) is 0 Å². The summed E-state index contributed by atoms with van der Waals surface area (Å²) in [5.74, 6) is 1.46. The second-order valence-electron chi connectivity index (χ2n) is 11.7. The van der Waals surface area contributed by atoms with Gasteiger partial charge in [-0.3, -0.25) is 0 Å². The Bertz CT molecular complexity index is 1320. The maximum Gasteiger partial charge on any atom is 0.0211 e. The molecular weight excluding hydrogens is 662 g/mol. The first-order valence-electron chi connectivity index (χ1n) is 16.8. The van der Waals surface area contributed by atoms with Crippen LogP contribution in [0.4, 0.5) is 0 Å². The summed E-state index contributed by atoms with van der Waals surface area (Å²) in [6.45, 7) is 11.3. The maximum atomic E-state index is 2.50. The molecule has 0 aromatic heterocycles. The van der Waals surface area contributed by atoms with Crippen molar-refractivity contribution in [2.45, 2.75) is 26.8 Å². The second-order valence-corrected chi connectivity index (χ2v) is 16.1. The predicted octanol–water partition coefficient (Wildman–Crippen LogP) is 7.99. The van der Waals surface area contributed by atoms with Gasteiger partial charge in [0.05, 0.1) is 0 Å². The molecule has 0 amide bonds. The van der Waals surface area contributed by atoms with Crippen LogP contribution in [-0.2, 0) is 17.1 Å². The van der Waals surface area contributed by atoms with Gasteiger partial charge in [-0.05, 0) is 109 Å². The van der Waals surface area contributed by atoms with E-state index in [-0.39, 0.29) is 17.1 Å². The van der Waals surface area contributed by atoms with E-state index in [1.165, 1.54) is 38.5 Å². The Hall–Kier alpha value is -1.82. The van der Waals surface area contributed by atoms with Crippen LogP contribution in [0.25, 0.3) is 0 Å². The van der Waals surface area contributed by atoms with E-state index in [2.05, 4.69) is 204 Å². The Balaban J connectivity index is 0.000000234. The summed E-state index contributed by atoms with van der Waals surface area (Å²) in [6.07, 6.45) is 15.6. The van der Waals surface area contributed by atoms with Crippen LogP contribution >= 0.6 is 15.8 Å². The fourth-order valence-electron chi connectivity index (χ4n) is 5.95. The van der Waals surface area contributed by atoms with Crippen molar-refractivity contribution in [1.82, 2.24) is 9.80 Å². The fraction of sp³-hybridized carbons (Fsp3) is 0.209. The van der Waals surface area contributed by atoms with Crippen molar-refractivity contribution in [1.29, 1.82) is 0 Å². The molecule has 0 bridgehead atoms. The van der Waals surface area contributed by atoms with E-state index in [4.69, 9.17) is 0 Å². The standard InChI is InChI=1S/C26H34N2P.C17H14P.Fe/c1-5-28(6-2)21-20-27(4)22(3)25-18-13-19-26(25)29(23-14-9-7-10-15-23)24-16-11-8-12-17-24;1-3-9-15(10-4-1)18(17-13-7-8-14-17)16-11-5-2-6-12-16;/h7-19,22H,5-6,20-21H2,1-4H3;1-14H;/t22-;;/m0../s1. The molecular formula is C43H48FeN2P2. The number of benzene rings is 4. The van der Waals surface area contributed by atoms with Crippen molar-refractivity contribution in [3.05, 3.63) is 184 Å². The van der Waals surface area contributed by atoms with Gasteiger partial charge in [0.1, 0.15) is 0 Å². The van der Waals surface area contributed by atoms with Gasteiger partial charge in [-0.15, -0.1) is 0 Å². The van der Waals surface area contributed by atoms with Gasteiger partial charge in [0, 0.05) is 53.4 Å². The minimum Gasteiger partial charge on any atom is -0.303 e. The number of nitrogens with zero attached hydrogens (tertiary/aromatic N) is 2. The van der Waals surface area contributed by atoms with Gasteiger partial charge < -0.3 is 9.80 Å². The van der Waals surface area contributed by atoms with Crippen LogP contribution in [0, 0.1) is 62.2 Å². The van der Waals surface area contributed by atoms with Crippen LogP contribution in [-0.4, -0.2) is 49.1 Å². The van der Waals surface area contributed by atoms with Crippen LogP contribution < -0.4 is 21.2 Å². The average Bonchev–Trinajstić information content (AvgIpc) is 3.84. The maximum absolute atomic E-state index is 2.50. The van der Waals surface area contributed by atoms with E-state index >= 15 is 0 Å². The molecule has 0 aliphatic heterocycles. The van der Waals surface area contributed by atoms with Crippen LogP contribution in [0.3, 0.4) is 0 Å². The van der Waals surface area contributed by atoms with Crippen LogP contribution in [0.1, 0.15) is 20.8 Å². The minimum atomic E-state index is -0.552. The number of likely N-dealkylation sites (N-methyl/N-ethyl adjacent to an activating group) is 2. The van der Waals surface area contributed by atoms with Gasteiger partial charge in [0.2, 0.25) is 0 Å². The summed E-state index contributed by atoms with van der Waals surface area (Å²) >= 11 is 0. The molecule has 1 atom stereocenters. The van der Waals surface area contributed by atoms with Crippen molar-refractivity contribution in [2.75, 3.05) is 33.2 Å². The molecule has 0 saturated heterocycles. The molecule has 2 aliphatic rings. The van der Waals surface area contributed by atoms with Crippen LogP contribution in [0.5, 0.6) is 0 Å². The molecule has 0 spiro atoms. The summed E-state index contributed by atoms with van der Waals surface area (Å²) in [7, 11) is 1.30. The third-order valence-electron chi connectivity index (χ3n) is 8.80. The zero-order valence-corrected chi connectivity index (χ0v) is 31.5. The molecule has 2 fully saturated rings. The number of hydrogen-bond donors (Lipinski definition) is 0. The molecule has 0 heterocycles. The van der Waals surface area contributed by atoms with Gasteiger partial charge in [0.25, 0.3) is 0 Å². The first-order valence-corrected chi connectivity index (χ1v) is 19.5. The molecule has 5 heteroatoms. The Morgan fingerprint density at radius 3 is 1.35 bits per heavy atom. The van der Waals surface area contributed by atoms with Crippen molar-refractivity contribution in [3.8, 4) is 0 Å². The van der Waals surface area contributed by atoms with E-state index in [0.717, 1.165) is 26.2 Å². The molecule has 2 saturated carbocycles. The smallest absolute Gasteiger partial charge is 0.0211 e. The molecule has 4 aromatic rings. The van der Waals surface area contributed by atoms with Crippen LogP contribution in [0.2, 0.25) is 0 Å².